The molecule has 0 amide bonds. The maximum absolute atomic E-state index is 6.50. The molecule has 0 N–H and O–H groups in total. The predicted octanol–water partition coefficient (Wildman–Crippen LogP) is 4.73. The summed E-state index contributed by atoms with van der Waals surface area (Å²) in [5.74, 6) is 0. The van der Waals surface area contributed by atoms with E-state index in [9.17, 15) is 0 Å². The summed E-state index contributed by atoms with van der Waals surface area (Å²) >= 11 is 6.50. The fourth-order valence-corrected chi connectivity index (χ4v) is 4.35. The van der Waals surface area contributed by atoms with E-state index in [1.54, 1.807) is 0 Å². The molecule has 0 radical (unpaired) electrons. The van der Waals surface area contributed by atoms with Crippen molar-refractivity contribution in [2.24, 2.45) is 5.41 Å². The second-order valence-corrected chi connectivity index (χ2v) is 12.5. The van der Waals surface area contributed by atoms with Crippen LogP contribution in [0.25, 0.3) is 0 Å². The van der Waals surface area contributed by atoms with Crippen molar-refractivity contribution >= 4 is 18.5 Å². The zero-order chi connectivity index (χ0) is 11.1. The van der Waals surface area contributed by atoms with Gasteiger partial charge in [-0.15, -0.1) is 0 Å². The Hall–Kier alpha value is -0.0131. The molecule has 1 aliphatic rings. The summed E-state index contributed by atoms with van der Waals surface area (Å²) in [6.07, 6.45) is 4.70. The minimum absolute atomic E-state index is 0.256. The smallest absolute Gasteiger partial charge is 0.161 e. The monoisotopic (exact) mass is 228 g/mol. The standard InChI is InChI=1S/C12H21ClSi/c1-9-7-10(12(2,3)4)8-11(9)14(5,6)13/h7-8,11H,1-6H3. The Kier molecular flexibility index (Phi) is 3.04. The van der Waals surface area contributed by atoms with E-state index in [1.165, 1.54) is 11.1 Å². The van der Waals surface area contributed by atoms with Gasteiger partial charge in [0.2, 0.25) is 0 Å². The topological polar surface area (TPSA) is 0 Å². The molecule has 0 saturated carbocycles. The molecule has 0 heterocycles. The highest BCUT2D eigenvalue weighted by molar-refractivity contribution is 7.20. The third-order valence-corrected chi connectivity index (χ3v) is 5.63. The summed E-state index contributed by atoms with van der Waals surface area (Å²) in [5.41, 5.74) is 3.67. The first-order valence-corrected chi connectivity index (χ1v) is 9.30. The molecule has 1 aliphatic carbocycles. The summed E-state index contributed by atoms with van der Waals surface area (Å²) in [5, 5.41) is 0. The second-order valence-electron chi connectivity index (χ2n) is 5.80. The van der Waals surface area contributed by atoms with Gasteiger partial charge < -0.3 is 0 Å². The lowest BCUT2D eigenvalue weighted by Gasteiger charge is -2.22. The molecule has 0 aromatic carbocycles. The van der Waals surface area contributed by atoms with Gasteiger partial charge in [0.1, 0.15) is 0 Å². The normalized spacial score (nSPS) is 23.5. The van der Waals surface area contributed by atoms with Crippen LogP contribution in [0.4, 0.5) is 0 Å². The number of allylic oxidation sites excluding steroid dienone is 4. The molecular formula is C12H21ClSi. The fraction of sp³-hybridized carbons (Fsp3) is 0.667. The predicted molar refractivity (Wildman–Crippen MR) is 68.4 cm³/mol. The highest BCUT2D eigenvalue weighted by Gasteiger charge is 2.34. The number of hydrogen-bond acceptors (Lipinski definition) is 0. The van der Waals surface area contributed by atoms with Crippen LogP contribution in [0.3, 0.4) is 0 Å². The molecule has 2 heteroatoms. The first kappa shape index (κ1) is 12.1. The molecular weight excluding hydrogens is 208 g/mol. The van der Waals surface area contributed by atoms with E-state index >= 15 is 0 Å². The lowest BCUT2D eigenvalue weighted by Crippen LogP contribution is -2.23. The Labute approximate surface area is 93.8 Å². The SMILES string of the molecule is CC1=CC(C(C)(C)C)=CC1[Si](C)(C)Cl. The average molecular weight is 229 g/mol. The Balaban J connectivity index is 2.99. The highest BCUT2D eigenvalue weighted by atomic mass is 35.6. The van der Waals surface area contributed by atoms with Gasteiger partial charge in [0.05, 0.1) is 0 Å². The molecule has 0 aromatic rings. The van der Waals surface area contributed by atoms with Crippen LogP contribution in [-0.2, 0) is 0 Å². The van der Waals surface area contributed by atoms with Crippen molar-refractivity contribution in [3.63, 3.8) is 0 Å². The maximum Gasteiger partial charge on any atom is 0.161 e. The molecule has 1 unspecified atom stereocenters. The van der Waals surface area contributed by atoms with E-state index in [2.05, 4.69) is 52.9 Å². The zero-order valence-corrected chi connectivity index (χ0v) is 11.9. The minimum Gasteiger partial charge on any atom is -0.167 e. The fourth-order valence-electron chi connectivity index (χ4n) is 1.90. The molecule has 0 aliphatic heterocycles. The molecule has 0 nitrogen and oxygen atoms in total. The van der Waals surface area contributed by atoms with Gasteiger partial charge in [-0.1, -0.05) is 51.6 Å². The number of halogens is 1. The first-order valence-electron chi connectivity index (χ1n) is 5.22. The van der Waals surface area contributed by atoms with Gasteiger partial charge in [-0.3, -0.25) is 0 Å². The third kappa shape index (κ3) is 2.51. The van der Waals surface area contributed by atoms with Crippen LogP contribution in [0.15, 0.2) is 23.3 Å². The summed E-state index contributed by atoms with van der Waals surface area (Å²) < 4.78 is 0. The Bertz CT molecular complexity index is 286. The molecule has 1 rings (SSSR count). The lowest BCUT2D eigenvalue weighted by molar-refractivity contribution is 0.517. The summed E-state index contributed by atoms with van der Waals surface area (Å²) in [7, 11) is -1.58. The van der Waals surface area contributed by atoms with Crippen molar-refractivity contribution in [1.29, 1.82) is 0 Å². The van der Waals surface area contributed by atoms with Crippen molar-refractivity contribution in [3.8, 4) is 0 Å². The largest absolute Gasteiger partial charge is 0.167 e. The number of rotatable bonds is 1. The molecule has 0 saturated heterocycles. The molecule has 14 heavy (non-hydrogen) atoms. The first-order chi connectivity index (χ1) is 6.12. The minimum atomic E-state index is -1.58. The van der Waals surface area contributed by atoms with Gasteiger partial charge in [0.25, 0.3) is 0 Å². The van der Waals surface area contributed by atoms with Crippen molar-refractivity contribution in [3.05, 3.63) is 23.3 Å². The van der Waals surface area contributed by atoms with Gasteiger partial charge in [-0.05, 0) is 17.9 Å². The van der Waals surface area contributed by atoms with Crippen LogP contribution in [-0.4, -0.2) is 7.38 Å². The highest BCUT2D eigenvalue weighted by Crippen LogP contribution is 2.43. The summed E-state index contributed by atoms with van der Waals surface area (Å²) in [6.45, 7) is 13.4. The van der Waals surface area contributed by atoms with Gasteiger partial charge in [0, 0.05) is 5.54 Å². The van der Waals surface area contributed by atoms with E-state index < -0.39 is 7.38 Å². The van der Waals surface area contributed by atoms with Crippen molar-refractivity contribution < 1.29 is 0 Å². The summed E-state index contributed by atoms with van der Waals surface area (Å²) in [6, 6.07) is 0. The van der Waals surface area contributed by atoms with E-state index in [0.717, 1.165) is 0 Å². The Morgan fingerprint density at radius 2 is 1.79 bits per heavy atom. The molecule has 1 atom stereocenters. The van der Waals surface area contributed by atoms with Gasteiger partial charge >= 0.3 is 0 Å². The van der Waals surface area contributed by atoms with Crippen LogP contribution in [0.5, 0.6) is 0 Å². The Morgan fingerprint density at radius 1 is 1.29 bits per heavy atom. The molecule has 0 spiro atoms. The molecule has 80 valence electrons. The van der Waals surface area contributed by atoms with E-state index in [-0.39, 0.29) is 5.41 Å². The van der Waals surface area contributed by atoms with Crippen LogP contribution >= 0.6 is 11.1 Å². The van der Waals surface area contributed by atoms with Crippen molar-refractivity contribution in [1.82, 2.24) is 0 Å². The quantitative estimate of drug-likeness (QED) is 0.450. The van der Waals surface area contributed by atoms with Crippen molar-refractivity contribution in [2.75, 3.05) is 0 Å². The van der Waals surface area contributed by atoms with E-state index in [4.69, 9.17) is 11.1 Å². The maximum atomic E-state index is 6.50. The third-order valence-electron chi connectivity index (χ3n) is 2.83. The second kappa shape index (κ2) is 3.53. The van der Waals surface area contributed by atoms with Crippen LogP contribution in [0.1, 0.15) is 27.7 Å². The van der Waals surface area contributed by atoms with E-state index in [1.807, 2.05) is 0 Å². The number of hydrogen-bond donors (Lipinski definition) is 0. The van der Waals surface area contributed by atoms with Gasteiger partial charge in [-0.25, -0.2) is 0 Å². The zero-order valence-electron chi connectivity index (χ0n) is 10.1. The van der Waals surface area contributed by atoms with Gasteiger partial charge in [-0.2, -0.15) is 11.1 Å². The Morgan fingerprint density at radius 3 is 2.00 bits per heavy atom. The van der Waals surface area contributed by atoms with Gasteiger partial charge in [0.15, 0.2) is 7.38 Å². The lowest BCUT2D eigenvalue weighted by atomic mass is 9.87. The van der Waals surface area contributed by atoms with Crippen LogP contribution < -0.4 is 0 Å². The van der Waals surface area contributed by atoms with Crippen LogP contribution in [0, 0.1) is 5.41 Å². The molecule has 0 fully saturated rings. The van der Waals surface area contributed by atoms with Crippen LogP contribution in [0.2, 0.25) is 18.6 Å². The summed E-state index contributed by atoms with van der Waals surface area (Å²) in [4.78, 5) is 0. The van der Waals surface area contributed by atoms with E-state index in [0.29, 0.717) is 5.54 Å². The average Bonchev–Trinajstić information content (AvgIpc) is 2.27. The van der Waals surface area contributed by atoms with Crippen molar-refractivity contribution in [2.45, 2.75) is 46.3 Å². The molecule has 0 aromatic heterocycles. The molecule has 0 bridgehead atoms.